The lowest BCUT2D eigenvalue weighted by Crippen LogP contribution is -2.45. The Hall–Kier alpha value is -1.86. The molecule has 0 saturated carbocycles. The molecule has 7 nitrogen and oxygen atoms in total. The molecule has 2 rings (SSSR count). The summed E-state index contributed by atoms with van der Waals surface area (Å²) in [4.78, 5) is 21.7. The number of carbonyl (C=O) groups is 1. The summed E-state index contributed by atoms with van der Waals surface area (Å²) in [6, 6.07) is 3.90. The van der Waals surface area contributed by atoms with Crippen LogP contribution in [0.2, 0.25) is 0 Å². The fourth-order valence-corrected chi connectivity index (χ4v) is 1.70. The lowest BCUT2D eigenvalue weighted by molar-refractivity contribution is -0.384. The number of hydrogen-bond donors (Lipinski definition) is 1. The normalized spacial score (nSPS) is 13.8. The molecule has 0 unspecified atom stereocenters. The van der Waals surface area contributed by atoms with Crippen molar-refractivity contribution < 1.29 is 19.2 Å². The van der Waals surface area contributed by atoms with Crippen molar-refractivity contribution in [3.05, 3.63) is 33.9 Å². The quantitative estimate of drug-likeness (QED) is 0.502. The first-order valence-electron chi connectivity index (χ1n) is 5.82. The number of rotatable bonds is 5. The predicted octanol–water partition coefficient (Wildman–Crippen LogP) is 1.40. The number of nitro benzene ring substituents is 1. The lowest BCUT2D eigenvalue weighted by atomic mass is 10.1. The Bertz CT molecular complexity index is 505. The van der Waals surface area contributed by atoms with Crippen LogP contribution in [0.25, 0.3) is 0 Å². The highest BCUT2D eigenvalue weighted by atomic mass is 35.5. The van der Waals surface area contributed by atoms with Crippen LogP contribution >= 0.6 is 12.4 Å². The minimum Gasteiger partial charge on any atom is -0.492 e. The van der Waals surface area contributed by atoms with E-state index < -0.39 is 10.9 Å². The van der Waals surface area contributed by atoms with Crippen molar-refractivity contribution in [2.24, 2.45) is 5.92 Å². The van der Waals surface area contributed by atoms with Gasteiger partial charge in [0.1, 0.15) is 11.3 Å². The Morgan fingerprint density at radius 3 is 2.70 bits per heavy atom. The lowest BCUT2D eigenvalue weighted by Gasteiger charge is -2.27. The molecule has 1 aromatic carbocycles. The van der Waals surface area contributed by atoms with Crippen molar-refractivity contribution in [1.82, 2.24) is 5.32 Å². The van der Waals surface area contributed by atoms with Gasteiger partial charge in [0.05, 0.1) is 18.6 Å². The Kier molecular flexibility index (Phi) is 5.72. The molecule has 1 aromatic rings. The van der Waals surface area contributed by atoms with Gasteiger partial charge in [-0.25, -0.2) is 4.79 Å². The van der Waals surface area contributed by atoms with Gasteiger partial charge in [-0.3, -0.25) is 10.1 Å². The van der Waals surface area contributed by atoms with Gasteiger partial charge in [-0.15, -0.1) is 12.4 Å². The summed E-state index contributed by atoms with van der Waals surface area (Å²) in [6.45, 7) is 2.22. The molecule has 1 aliphatic rings. The largest absolute Gasteiger partial charge is 0.492 e. The van der Waals surface area contributed by atoms with E-state index in [1.54, 1.807) is 0 Å². The molecule has 1 N–H and O–H groups in total. The summed E-state index contributed by atoms with van der Waals surface area (Å²) >= 11 is 0. The number of hydrogen-bond acceptors (Lipinski definition) is 6. The van der Waals surface area contributed by atoms with Crippen molar-refractivity contribution in [3.63, 3.8) is 0 Å². The highest BCUT2D eigenvalue weighted by molar-refractivity contribution is 5.93. The zero-order chi connectivity index (χ0) is 13.8. The average molecular weight is 303 g/mol. The number of methoxy groups -OCH3 is 1. The summed E-state index contributed by atoms with van der Waals surface area (Å²) in [5, 5.41) is 13.8. The third-order valence-corrected chi connectivity index (χ3v) is 2.92. The summed E-state index contributed by atoms with van der Waals surface area (Å²) < 4.78 is 10.1. The number of non-ortho nitro benzene ring substituents is 1. The van der Waals surface area contributed by atoms with Crippen LogP contribution in [0.4, 0.5) is 5.69 Å². The standard InChI is InChI=1S/C12H14N2O5.ClH/c1-18-12(15)10-4-9(14(16)17)2-3-11(10)19-7-8-5-13-6-8;/h2-4,8,13H,5-7H2,1H3;1H. The molecule has 0 atom stereocenters. The second kappa shape index (κ2) is 7.06. The fraction of sp³-hybridized carbons (Fsp3) is 0.417. The SMILES string of the molecule is COC(=O)c1cc([N+](=O)[O-])ccc1OCC1CNC1.Cl. The molecule has 0 amide bonds. The second-order valence-electron chi connectivity index (χ2n) is 4.26. The van der Waals surface area contributed by atoms with Crippen molar-refractivity contribution >= 4 is 24.1 Å². The minimum atomic E-state index is -0.648. The first-order valence-corrected chi connectivity index (χ1v) is 5.82. The molecule has 0 radical (unpaired) electrons. The molecule has 20 heavy (non-hydrogen) atoms. The van der Waals surface area contributed by atoms with E-state index in [2.05, 4.69) is 10.1 Å². The molecule has 0 spiro atoms. The molecule has 0 bridgehead atoms. The molecule has 1 aliphatic heterocycles. The number of ether oxygens (including phenoxy) is 2. The first-order chi connectivity index (χ1) is 9.11. The van der Waals surface area contributed by atoms with E-state index in [4.69, 9.17) is 4.74 Å². The van der Waals surface area contributed by atoms with Gasteiger partial charge in [-0.05, 0) is 6.07 Å². The van der Waals surface area contributed by atoms with Crippen molar-refractivity contribution in [1.29, 1.82) is 0 Å². The van der Waals surface area contributed by atoms with E-state index in [0.717, 1.165) is 13.1 Å². The van der Waals surface area contributed by atoms with Crippen LogP contribution < -0.4 is 10.1 Å². The van der Waals surface area contributed by atoms with E-state index in [1.807, 2.05) is 0 Å². The van der Waals surface area contributed by atoms with Crippen LogP contribution in [0.5, 0.6) is 5.75 Å². The molecular formula is C12H15ClN2O5. The van der Waals surface area contributed by atoms with E-state index >= 15 is 0 Å². The van der Waals surface area contributed by atoms with E-state index in [9.17, 15) is 14.9 Å². The topological polar surface area (TPSA) is 90.7 Å². The molecule has 8 heteroatoms. The molecular weight excluding hydrogens is 288 g/mol. The smallest absolute Gasteiger partial charge is 0.341 e. The minimum absolute atomic E-state index is 0. The van der Waals surface area contributed by atoms with Gasteiger partial charge < -0.3 is 14.8 Å². The molecule has 1 heterocycles. The second-order valence-corrected chi connectivity index (χ2v) is 4.26. The number of halogens is 1. The monoisotopic (exact) mass is 302 g/mol. The van der Waals surface area contributed by atoms with Gasteiger partial charge in [0.2, 0.25) is 0 Å². The Morgan fingerprint density at radius 1 is 1.50 bits per heavy atom. The summed E-state index contributed by atoms with van der Waals surface area (Å²) in [5.74, 6) is 0.0653. The highest BCUT2D eigenvalue weighted by Gasteiger charge is 2.21. The molecule has 0 aromatic heterocycles. The Balaban J connectivity index is 0.00000200. The predicted molar refractivity (Wildman–Crippen MR) is 73.5 cm³/mol. The van der Waals surface area contributed by atoms with Gasteiger partial charge in [-0.1, -0.05) is 0 Å². The van der Waals surface area contributed by atoms with Crippen LogP contribution in [0.1, 0.15) is 10.4 Å². The number of carbonyl (C=O) groups excluding carboxylic acids is 1. The van der Waals surface area contributed by atoms with Crippen LogP contribution in [0, 0.1) is 16.0 Å². The van der Waals surface area contributed by atoms with Crippen molar-refractivity contribution in [2.75, 3.05) is 26.8 Å². The Labute approximate surface area is 121 Å². The number of nitro groups is 1. The van der Waals surface area contributed by atoms with Gasteiger partial charge in [0.15, 0.2) is 0 Å². The zero-order valence-corrected chi connectivity index (χ0v) is 11.6. The third kappa shape index (κ3) is 3.58. The van der Waals surface area contributed by atoms with Crippen molar-refractivity contribution in [3.8, 4) is 5.75 Å². The van der Waals surface area contributed by atoms with Crippen LogP contribution in [0.15, 0.2) is 18.2 Å². The van der Waals surface area contributed by atoms with Gasteiger partial charge in [0.25, 0.3) is 5.69 Å². The van der Waals surface area contributed by atoms with E-state index in [-0.39, 0.29) is 23.7 Å². The number of esters is 1. The van der Waals surface area contributed by atoms with Crippen LogP contribution in [-0.2, 0) is 4.74 Å². The summed E-state index contributed by atoms with van der Waals surface area (Å²) in [6.07, 6.45) is 0. The van der Waals surface area contributed by atoms with E-state index in [0.29, 0.717) is 18.3 Å². The fourth-order valence-electron chi connectivity index (χ4n) is 1.70. The van der Waals surface area contributed by atoms with E-state index in [1.165, 1.54) is 25.3 Å². The number of nitrogens with one attached hydrogen (secondary N) is 1. The maximum absolute atomic E-state index is 11.6. The molecule has 1 fully saturated rings. The zero-order valence-electron chi connectivity index (χ0n) is 10.8. The maximum Gasteiger partial charge on any atom is 0.341 e. The average Bonchev–Trinajstić information content (AvgIpc) is 2.36. The van der Waals surface area contributed by atoms with Gasteiger partial charge in [0, 0.05) is 31.1 Å². The number of nitrogens with zero attached hydrogens (tertiary/aromatic N) is 1. The maximum atomic E-state index is 11.6. The van der Waals surface area contributed by atoms with Crippen LogP contribution in [-0.4, -0.2) is 37.7 Å². The first kappa shape index (κ1) is 16.2. The van der Waals surface area contributed by atoms with Gasteiger partial charge in [-0.2, -0.15) is 0 Å². The highest BCUT2D eigenvalue weighted by Crippen LogP contribution is 2.25. The van der Waals surface area contributed by atoms with Gasteiger partial charge >= 0.3 is 5.97 Å². The van der Waals surface area contributed by atoms with Crippen molar-refractivity contribution in [2.45, 2.75) is 0 Å². The molecule has 0 aliphatic carbocycles. The number of benzene rings is 1. The summed E-state index contributed by atoms with van der Waals surface area (Å²) in [5.41, 5.74) is -0.0953. The summed E-state index contributed by atoms with van der Waals surface area (Å²) in [7, 11) is 1.22. The Morgan fingerprint density at radius 2 is 2.20 bits per heavy atom. The molecule has 1 saturated heterocycles. The van der Waals surface area contributed by atoms with Crippen LogP contribution in [0.3, 0.4) is 0 Å². The third-order valence-electron chi connectivity index (χ3n) is 2.92. The molecule has 110 valence electrons.